The second-order valence-electron chi connectivity index (χ2n) is 4.26. The monoisotopic (exact) mass is 221 g/mol. The Balaban J connectivity index is 2.86. The molecule has 3 heteroatoms. The Morgan fingerprint density at radius 3 is 2.69 bits per heavy atom. The molecule has 1 aromatic rings. The molecule has 1 rings (SSSR count). The Labute approximate surface area is 96.8 Å². The third-order valence-electron chi connectivity index (χ3n) is 2.33. The van der Waals surface area contributed by atoms with Crippen LogP contribution in [0.4, 0.5) is 0 Å². The fraction of sp³-hybridized carbons (Fsp3) is 0.462. The number of aryl methyl sites for hydroxylation is 1. The van der Waals surface area contributed by atoms with Gasteiger partial charge in [-0.05, 0) is 24.5 Å². The van der Waals surface area contributed by atoms with Crippen LogP contribution in [0, 0.1) is 12.8 Å². The topological polar surface area (TPSA) is 38.3 Å². The largest absolute Gasteiger partial charge is 0.496 e. The van der Waals surface area contributed by atoms with Crippen LogP contribution < -0.4 is 10.1 Å². The van der Waals surface area contributed by atoms with Crippen LogP contribution in [0.25, 0.3) is 0 Å². The van der Waals surface area contributed by atoms with Crippen molar-refractivity contribution in [3.63, 3.8) is 0 Å². The molecule has 1 amide bonds. The lowest BCUT2D eigenvalue weighted by Crippen LogP contribution is -2.27. The molecular weight excluding hydrogens is 202 g/mol. The van der Waals surface area contributed by atoms with E-state index in [-0.39, 0.29) is 5.91 Å². The minimum absolute atomic E-state index is 0.0748. The van der Waals surface area contributed by atoms with E-state index in [0.29, 0.717) is 23.8 Å². The van der Waals surface area contributed by atoms with Crippen molar-refractivity contribution >= 4 is 5.91 Å². The number of benzene rings is 1. The zero-order valence-electron chi connectivity index (χ0n) is 10.3. The van der Waals surface area contributed by atoms with Crippen molar-refractivity contribution in [3.8, 4) is 5.75 Å². The Morgan fingerprint density at radius 1 is 1.44 bits per heavy atom. The van der Waals surface area contributed by atoms with E-state index in [4.69, 9.17) is 4.74 Å². The maximum atomic E-state index is 11.9. The van der Waals surface area contributed by atoms with Crippen LogP contribution in [-0.4, -0.2) is 19.6 Å². The Kier molecular flexibility index (Phi) is 4.35. The lowest BCUT2D eigenvalue weighted by atomic mass is 10.1. The zero-order chi connectivity index (χ0) is 12.1. The van der Waals surface area contributed by atoms with Crippen molar-refractivity contribution in [2.45, 2.75) is 20.8 Å². The first-order valence-corrected chi connectivity index (χ1v) is 5.48. The standard InChI is InChI=1S/C13H19NO2/c1-9(2)8-14-13(15)11-7-5-6-10(3)12(11)16-4/h5-7,9H,8H2,1-4H3,(H,14,15). The Hall–Kier alpha value is -1.51. The first kappa shape index (κ1) is 12.6. The SMILES string of the molecule is COc1c(C)cccc1C(=O)NCC(C)C. The van der Waals surface area contributed by atoms with Gasteiger partial charge in [0, 0.05) is 6.54 Å². The maximum Gasteiger partial charge on any atom is 0.255 e. The highest BCUT2D eigenvalue weighted by molar-refractivity contribution is 5.97. The van der Waals surface area contributed by atoms with Crippen LogP contribution in [0.1, 0.15) is 29.8 Å². The smallest absolute Gasteiger partial charge is 0.255 e. The van der Waals surface area contributed by atoms with Gasteiger partial charge in [-0.1, -0.05) is 26.0 Å². The molecule has 1 N–H and O–H groups in total. The lowest BCUT2D eigenvalue weighted by Gasteiger charge is -2.12. The molecule has 0 spiro atoms. The third-order valence-corrected chi connectivity index (χ3v) is 2.33. The Bertz CT molecular complexity index is 372. The molecule has 88 valence electrons. The molecule has 0 aliphatic heterocycles. The van der Waals surface area contributed by atoms with Crippen LogP contribution in [0.3, 0.4) is 0 Å². The van der Waals surface area contributed by atoms with Crippen LogP contribution in [0.5, 0.6) is 5.75 Å². The predicted octanol–water partition coefficient (Wildman–Crippen LogP) is 2.39. The predicted molar refractivity (Wildman–Crippen MR) is 64.9 cm³/mol. The number of nitrogens with one attached hydrogen (secondary N) is 1. The van der Waals surface area contributed by atoms with Crippen LogP contribution in [-0.2, 0) is 0 Å². The number of ether oxygens (including phenoxy) is 1. The van der Waals surface area contributed by atoms with Gasteiger partial charge in [-0.15, -0.1) is 0 Å². The van der Waals surface area contributed by atoms with Gasteiger partial charge in [-0.2, -0.15) is 0 Å². The molecular formula is C13H19NO2. The van der Waals surface area contributed by atoms with Crippen molar-refractivity contribution in [1.82, 2.24) is 5.32 Å². The second-order valence-corrected chi connectivity index (χ2v) is 4.26. The summed E-state index contributed by atoms with van der Waals surface area (Å²) in [5.74, 6) is 1.03. The molecule has 3 nitrogen and oxygen atoms in total. The molecule has 0 fully saturated rings. The average Bonchev–Trinajstić information content (AvgIpc) is 2.25. The van der Waals surface area contributed by atoms with Gasteiger partial charge in [0.15, 0.2) is 0 Å². The Morgan fingerprint density at radius 2 is 2.12 bits per heavy atom. The minimum atomic E-state index is -0.0748. The molecule has 0 saturated heterocycles. The highest BCUT2D eigenvalue weighted by Gasteiger charge is 2.13. The molecule has 16 heavy (non-hydrogen) atoms. The number of methoxy groups -OCH3 is 1. The van der Waals surface area contributed by atoms with E-state index in [1.807, 2.05) is 19.1 Å². The van der Waals surface area contributed by atoms with Crippen LogP contribution >= 0.6 is 0 Å². The van der Waals surface area contributed by atoms with Crippen molar-refractivity contribution in [3.05, 3.63) is 29.3 Å². The van der Waals surface area contributed by atoms with E-state index in [9.17, 15) is 4.79 Å². The molecule has 0 aromatic heterocycles. The van der Waals surface area contributed by atoms with E-state index in [0.717, 1.165) is 5.56 Å². The summed E-state index contributed by atoms with van der Waals surface area (Å²) in [5, 5.41) is 2.88. The summed E-state index contributed by atoms with van der Waals surface area (Å²) < 4.78 is 5.24. The number of rotatable bonds is 4. The molecule has 0 atom stereocenters. The highest BCUT2D eigenvalue weighted by Crippen LogP contribution is 2.22. The lowest BCUT2D eigenvalue weighted by molar-refractivity contribution is 0.0946. The summed E-state index contributed by atoms with van der Waals surface area (Å²) in [6.07, 6.45) is 0. The van der Waals surface area contributed by atoms with Crippen molar-refractivity contribution < 1.29 is 9.53 Å². The van der Waals surface area contributed by atoms with E-state index in [1.165, 1.54) is 0 Å². The third kappa shape index (κ3) is 2.99. The fourth-order valence-corrected chi connectivity index (χ4v) is 1.49. The van der Waals surface area contributed by atoms with Crippen molar-refractivity contribution in [2.75, 3.05) is 13.7 Å². The molecule has 0 aliphatic rings. The molecule has 0 bridgehead atoms. The molecule has 0 unspecified atom stereocenters. The highest BCUT2D eigenvalue weighted by atomic mass is 16.5. The number of hydrogen-bond donors (Lipinski definition) is 1. The minimum Gasteiger partial charge on any atom is -0.496 e. The van der Waals surface area contributed by atoms with Gasteiger partial charge in [-0.25, -0.2) is 0 Å². The molecule has 1 aromatic carbocycles. The molecule has 0 heterocycles. The number of carbonyl (C=O) groups excluding carboxylic acids is 1. The summed E-state index contributed by atoms with van der Waals surface area (Å²) in [4.78, 5) is 11.9. The molecule has 0 aliphatic carbocycles. The van der Waals surface area contributed by atoms with Gasteiger partial charge in [-0.3, -0.25) is 4.79 Å². The summed E-state index contributed by atoms with van der Waals surface area (Å²) in [6, 6.07) is 5.57. The number of hydrogen-bond acceptors (Lipinski definition) is 2. The van der Waals surface area contributed by atoms with Gasteiger partial charge >= 0.3 is 0 Å². The summed E-state index contributed by atoms with van der Waals surface area (Å²) in [6.45, 7) is 6.73. The van der Waals surface area contributed by atoms with Gasteiger partial charge in [0.25, 0.3) is 5.91 Å². The average molecular weight is 221 g/mol. The number of para-hydroxylation sites is 1. The van der Waals surface area contributed by atoms with Crippen molar-refractivity contribution in [2.24, 2.45) is 5.92 Å². The zero-order valence-corrected chi connectivity index (χ0v) is 10.3. The first-order chi connectivity index (χ1) is 7.56. The van der Waals surface area contributed by atoms with E-state index >= 15 is 0 Å². The molecule has 0 saturated carbocycles. The molecule has 0 radical (unpaired) electrons. The normalized spacial score (nSPS) is 10.3. The number of carbonyl (C=O) groups is 1. The van der Waals surface area contributed by atoms with E-state index < -0.39 is 0 Å². The van der Waals surface area contributed by atoms with Gasteiger partial charge in [0.1, 0.15) is 5.75 Å². The first-order valence-electron chi connectivity index (χ1n) is 5.48. The van der Waals surface area contributed by atoms with Crippen molar-refractivity contribution in [1.29, 1.82) is 0 Å². The van der Waals surface area contributed by atoms with Gasteiger partial charge in [0.2, 0.25) is 0 Å². The quantitative estimate of drug-likeness (QED) is 0.847. The van der Waals surface area contributed by atoms with E-state index in [2.05, 4.69) is 19.2 Å². The van der Waals surface area contributed by atoms with Crippen LogP contribution in [0.2, 0.25) is 0 Å². The summed E-state index contributed by atoms with van der Waals surface area (Å²) >= 11 is 0. The number of amides is 1. The fourth-order valence-electron chi connectivity index (χ4n) is 1.49. The summed E-state index contributed by atoms with van der Waals surface area (Å²) in [5.41, 5.74) is 1.57. The van der Waals surface area contributed by atoms with Gasteiger partial charge in [0.05, 0.1) is 12.7 Å². The van der Waals surface area contributed by atoms with Crippen LogP contribution in [0.15, 0.2) is 18.2 Å². The second kappa shape index (κ2) is 5.54. The summed E-state index contributed by atoms with van der Waals surface area (Å²) in [7, 11) is 1.58. The van der Waals surface area contributed by atoms with E-state index in [1.54, 1.807) is 13.2 Å². The maximum absolute atomic E-state index is 11.9. The van der Waals surface area contributed by atoms with Gasteiger partial charge < -0.3 is 10.1 Å².